The van der Waals surface area contributed by atoms with Gasteiger partial charge in [0, 0.05) is 26.2 Å². The third-order valence-electron chi connectivity index (χ3n) is 4.64. The molecule has 24 heavy (non-hydrogen) atoms. The monoisotopic (exact) mass is 322 g/mol. The zero-order valence-corrected chi connectivity index (χ0v) is 14.2. The molecule has 1 saturated heterocycles. The molecule has 0 bridgehead atoms. The molecule has 1 fully saturated rings. The van der Waals surface area contributed by atoms with Gasteiger partial charge in [-0.2, -0.15) is 5.10 Å². The summed E-state index contributed by atoms with van der Waals surface area (Å²) in [4.78, 5) is 14.2. The first-order valence-corrected chi connectivity index (χ1v) is 8.51. The number of para-hydroxylation sites is 1. The number of hydrogen-bond acceptors (Lipinski definition) is 5. The maximum absolute atomic E-state index is 4.73. The predicted molar refractivity (Wildman–Crippen MR) is 95.7 cm³/mol. The largest absolute Gasteiger partial charge is 0.353 e. The van der Waals surface area contributed by atoms with Gasteiger partial charge < -0.3 is 9.80 Å². The average Bonchev–Trinajstić information content (AvgIpc) is 3.05. The minimum absolute atomic E-state index is 0.785. The van der Waals surface area contributed by atoms with E-state index in [1.54, 1.807) is 0 Å². The van der Waals surface area contributed by atoms with Crippen LogP contribution in [0.5, 0.6) is 0 Å². The van der Waals surface area contributed by atoms with Crippen molar-refractivity contribution in [2.45, 2.75) is 13.8 Å². The van der Waals surface area contributed by atoms with Crippen LogP contribution in [0, 0.1) is 6.92 Å². The zero-order chi connectivity index (χ0) is 16.5. The number of aromatic nitrogens is 4. The molecule has 0 aliphatic carbocycles. The van der Waals surface area contributed by atoms with Crippen LogP contribution in [-0.2, 0) is 0 Å². The minimum atomic E-state index is 0.785. The fourth-order valence-electron chi connectivity index (χ4n) is 3.27. The molecular formula is C18H22N6. The lowest BCUT2D eigenvalue weighted by molar-refractivity contribution is 0.270. The molecule has 0 atom stereocenters. The number of hydrogen-bond donors (Lipinski definition) is 0. The van der Waals surface area contributed by atoms with Gasteiger partial charge in [-0.15, -0.1) is 0 Å². The molecule has 4 rings (SSSR count). The van der Waals surface area contributed by atoms with Gasteiger partial charge in [-0.05, 0) is 25.6 Å². The summed E-state index contributed by atoms with van der Waals surface area (Å²) in [5, 5.41) is 5.59. The third kappa shape index (κ3) is 2.63. The second kappa shape index (κ2) is 6.20. The Morgan fingerprint density at radius 3 is 2.46 bits per heavy atom. The Balaban J connectivity index is 1.76. The summed E-state index contributed by atoms with van der Waals surface area (Å²) < 4.78 is 1.90. The van der Waals surface area contributed by atoms with Crippen molar-refractivity contribution in [1.82, 2.24) is 24.6 Å². The van der Waals surface area contributed by atoms with Crippen molar-refractivity contribution in [2.75, 3.05) is 37.6 Å². The lowest BCUT2D eigenvalue weighted by atomic mass is 10.2. The Bertz CT molecular complexity index is 833. The fraction of sp³-hybridized carbons (Fsp3) is 0.389. The van der Waals surface area contributed by atoms with Crippen molar-refractivity contribution in [3.05, 3.63) is 42.4 Å². The normalized spacial score (nSPS) is 16.0. The molecule has 6 nitrogen and oxygen atoms in total. The van der Waals surface area contributed by atoms with Crippen molar-refractivity contribution in [3.8, 4) is 5.69 Å². The highest BCUT2D eigenvalue weighted by atomic mass is 15.3. The first kappa shape index (κ1) is 15.1. The topological polar surface area (TPSA) is 50.1 Å². The zero-order valence-electron chi connectivity index (χ0n) is 14.2. The molecule has 1 aliphatic rings. The van der Waals surface area contributed by atoms with Gasteiger partial charge in [0.15, 0.2) is 5.65 Å². The Labute approximate surface area is 141 Å². The van der Waals surface area contributed by atoms with Gasteiger partial charge in [0.25, 0.3) is 0 Å². The second-order valence-corrected chi connectivity index (χ2v) is 6.14. The number of benzene rings is 1. The first-order valence-electron chi connectivity index (χ1n) is 8.51. The molecule has 6 heteroatoms. The Morgan fingerprint density at radius 2 is 1.75 bits per heavy atom. The number of piperazine rings is 1. The fourth-order valence-corrected chi connectivity index (χ4v) is 3.27. The molecule has 124 valence electrons. The van der Waals surface area contributed by atoms with Gasteiger partial charge in [0.2, 0.25) is 0 Å². The number of likely N-dealkylation sites (N-methyl/N-ethyl adjacent to an activating group) is 1. The Kier molecular flexibility index (Phi) is 3.90. The van der Waals surface area contributed by atoms with Crippen LogP contribution in [0.4, 0.5) is 5.82 Å². The van der Waals surface area contributed by atoms with Crippen LogP contribution in [0.3, 0.4) is 0 Å². The molecule has 0 saturated carbocycles. The highest BCUT2D eigenvalue weighted by Crippen LogP contribution is 2.26. The summed E-state index contributed by atoms with van der Waals surface area (Å²) in [6, 6.07) is 10.1. The molecule has 2 aromatic heterocycles. The van der Waals surface area contributed by atoms with Crippen molar-refractivity contribution in [1.29, 1.82) is 0 Å². The molecule has 1 aromatic carbocycles. The molecule has 0 unspecified atom stereocenters. The highest BCUT2D eigenvalue weighted by molar-refractivity contribution is 5.88. The quantitative estimate of drug-likeness (QED) is 0.740. The molecule has 0 spiro atoms. The summed E-state index contributed by atoms with van der Waals surface area (Å²) in [7, 11) is 0. The molecule has 3 heterocycles. The van der Waals surface area contributed by atoms with E-state index in [1.165, 1.54) is 0 Å². The van der Waals surface area contributed by atoms with Crippen LogP contribution < -0.4 is 4.90 Å². The van der Waals surface area contributed by atoms with Gasteiger partial charge >= 0.3 is 0 Å². The van der Waals surface area contributed by atoms with Crippen LogP contribution in [0.25, 0.3) is 16.7 Å². The summed E-state index contributed by atoms with van der Waals surface area (Å²) in [6.07, 6.45) is 1.89. The van der Waals surface area contributed by atoms with Crippen molar-refractivity contribution in [3.63, 3.8) is 0 Å². The number of anilines is 1. The van der Waals surface area contributed by atoms with E-state index in [0.717, 1.165) is 61.1 Å². The van der Waals surface area contributed by atoms with E-state index < -0.39 is 0 Å². The van der Waals surface area contributed by atoms with Crippen LogP contribution in [-0.4, -0.2) is 57.4 Å². The van der Waals surface area contributed by atoms with E-state index in [2.05, 4.69) is 26.8 Å². The highest BCUT2D eigenvalue weighted by Gasteiger charge is 2.21. The lowest BCUT2D eigenvalue weighted by Gasteiger charge is -2.35. The van der Waals surface area contributed by atoms with E-state index >= 15 is 0 Å². The lowest BCUT2D eigenvalue weighted by Crippen LogP contribution is -2.46. The van der Waals surface area contributed by atoms with E-state index in [9.17, 15) is 0 Å². The molecule has 1 aliphatic heterocycles. The smallest absolute Gasteiger partial charge is 0.168 e. The van der Waals surface area contributed by atoms with Crippen LogP contribution in [0.2, 0.25) is 0 Å². The third-order valence-corrected chi connectivity index (χ3v) is 4.64. The van der Waals surface area contributed by atoms with E-state index in [4.69, 9.17) is 4.98 Å². The standard InChI is InChI=1S/C18H22N6/c1-3-22-9-11-23(12-10-22)17-16-13-19-24(15-7-5-4-6-8-15)18(16)21-14(2)20-17/h4-8,13H,3,9-12H2,1-2H3. The Hall–Kier alpha value is -2.47. The molecule has 0 amide bonds. The molecule has 0 radical (unpaired) electrons. The van der Waals surface area contributed by atoms with E-state index in [0.29, 0.717) is 0 Å². The number of nitrogens with zero attached hydrogens (tertiary/aromatic N) is 6. The van der Waals surface area contributed by atoms with Gasteiger partial charge in [-0.1, -0.05) is 25.1 Å². The summed E-state index contributed by atoms with van der Waals surface area (Å²) in [5.74, 6) is 1.79. The van der Waals surface area contributed by atoms with E-state index in [-0.39, 0.29) is 0 Å². The SMILES string of the molecule is CCN1CCN(c2nc(C)nc3c2cnn3-c2ccccc2)CC1. The molecule has 3 aromatic rings. The Morgan fingerprint density at radius 1 is 1.00 bits per heavy atom. The van der Waals surface area contributed by atoms with Gasteiger partial charge in [0.05, 0.1) is 17.3 Å². The van der Waals surface area contributed by atoms with Gasteiger partial charge in [0.1, 0.15) is 11.6 Å². The summed E-state index contributed by atoms with van der Waals surface area (Å²) in [5.41, 5.74) is 1.90. The summed E-state index contributed by atoms with van der Waals surface area (Å²) in [6.45, 7) is 9.42. The first-order chi connectivity index (χ1) is 11.8. The van der Waals surface area contributed by atoms with Crippen molar-refractivity contribution < 1.29 is 0 Å². The molecular weight excluding hydrogens is 300 g/mol. The number of aryl methyl sites for hydroxylation is 1. The summed E-state index contributed by atoms with van der Waals surface area (Å²) >= 11 is 0. The molecule has 0 N–H and O–H groups in total. The maximum atomic E-state index is 4.73. The maximum Gasteiger partial charge on any atom is 0.168 e. The minimum Gasteiger partial charge on any atom is -0.353 e. The average molecular weight is 322 g/mol. The van der Waals surface area contributed by atoms with Crippen LogP contribution in [0.1, 0.15) is 12.7 Å². The van der Waals surface area contributed by atoms with Crippen molar-refractivity contribution in [2.24, 2.45) is 0 Å². The van der Waals surface area contributed by atoms with Crippen LogP contribution in [0.15, 0.2) is 36.5 Å². The predicted octanol–water partition coefficient (Wildman–Crippen LogP) is 2.27. The van der Waals surface area contributed by atoms with Gasteiger partial charge in [-0.3, -0.25) is 0 Å². The van der Waals surface area contributed by atoms with Crippen LogP contribution >= 0.6 is 0 Å². The second-order valence-electron chi connectivity index (χ2n) is 6.14. The van der Waals surface area contributed by atoms with E-state index in [1.807, 2.05) is 48.1 Å². The number of fused-ring (bicyclic) bond motifs is 1. The van der Waals surface area contributed by atoms with Crippen molar-refractivity contribution >= 4 is 16.9 Å². The van der Waals surface area contributed by atoms with Gasteiger partial charge in [-0.25, -0.2) is 14.6 Å². The number of rotatable bonds is 3.